The van der Waals surface area contributed by atoms with E-state index in [4.69, 9.17) is 0 Å². The molecule has 0 aromatic heterocycles. The van der Waals surface area contributed by atoms with Crippen LogP contribution in [0.4, 0.5) is 0 Å². The molecule has 0 nitrogen and oxygen atoms in total. The number of hydrogen-bond donors (Lipinski definition) is 0. The number of fused-ring (bicyclic) bond motifs is 4. The molecule has 0 heteroatoms. The third kappa shape index (κ3) is 3.50. The van der Waals surface area contributed by atoms with Crippen molar-refractivity contribution < 1.29 is 0 Å². The molecular weight excluding hydrogens is 420 g/mol. The number of rotatable bonds is 2. The molecule has 4 aliphatic rings. The quantitative estimate of drug-likeness (QED) is 0.373. The first-order valence-electron chi connectivity index (χ1n) is 13.4. The second-order valence-corrected chi connectivity index (χ2v) is 10.8. The van der Waals surface area contributed by atoms with Gasteiger partial charge in [-0.1, -0.05) is 98.0 Å². The highest BCUT2D eigenvalue weighted by Gasteiger charge is 2.24. The summed E-state index contributed by atoms with van der Waals surface area (Å²) < 4.78 is 0. The van der Waals surface area contributed by atoms with Gasteiger partial charge in [-0.3, -0.25) is 0 Å². The lowest BCUT2D eigenvalue weighted by Gasteiger charge is -2.28. The van der Waals surface area contributed by atoms with Gasteiger partial charge in [-0.05, 0) is 111 Å². The summed E-state index contributed by atoms with van der Waals surface area (Å²) in [6, 6.07) is 16.3. The molecule has 0 bridgehead atoms. The molecular formula is C35H32. The van der Waals surface area contributed by atoms with Crippen LogP contribution < -0.4 is 10.4 Å². The topological polar surface area (TPSA) is 0 Å². The standard InChI is InChI=1S/C35H32/c1-23-14-19-32-33(20-23)35(29-18-16-25-9-3-5-11-27(25)22-29)31-13-7-6-12-30(31)34(32)28-17-15-24-8-2-4-10-26(24)21-28/h2-4,6-7,9-10,12-13,16,18-24H,5,8,11,14-15,17H2,1H3. The second kappa shape index (κ2) is 8.38. The summed E-state index contributed by atoms with van der Waals surface area (Å²) in [6.07, 6.45) is 26.1. The van der Waals surface area contributed by atoms with Crippen molar-refractivity contribution >= 4 is 34.6 Å². The van der Waals surface area contributed by atoms with E-state index in [-0.39, 0.29) is 0 Å². The Morgan fingerprint density at radius 1 is 0.857 bits per heavy atom. The molecule has 0 N–H and O–H groups in total. The minimum Gasteiger partial charge on any atom is -0.0839 e. The third-order valence-corrected chi connectivity index (χ3v) is 8.49. The fourth-order valence-corrected chi connectivity index (χ4v) is 6.71. The molecule has 3 aromatic carbocycles. The average molecular weight is 453 g/mol. The summed E-state index contributed by atoms with van der Waals surface area (Å²) in [7, 11) is 0. The Morgan fingerprint density at radius 3 is 2.66 bits per heavy atom. The van der Waals surface area contributed by atoms with E-state index in [9.17, 15) is 0 Å². The molecule has 172 valence electrons. The molecule has 0 aliphatic heterocycles. The fourth-order valence-electron chi connectivity index (χ4n) is 6.71. The lowest BCUT2D eigenvalue weighted by Crippen LogP contribution is -2.34. The van der Waals surface area contributed by atoms with E-state index in [2.05, 4.69) is 98.0 Å². The highest BCUT2D eigenvalue weighted by Crippen LogP contribution is 2.39. The van der Waals surface area contributed by atoms with Crippen LogP contribution in [0.15, 0.2) is 78.4 Å². The lowest BCUT2D eigenvalue weighted by molar-refractivity contribution is 0.572. The Balaban J connectivity index is 1.54. The van der Waals surface area contributed by atoms with E-state index in [0.717, 1.165) is 19.3 Å². The van der Waals surface area contributed by atoms with E-state index in [1.54, 1.807) is 0 Å². The lowest BCUT2D eigenvalue weighted by atomic mass is 9.77. The number of aryl methyl sites for hydroxylation is 1. The first-order chi connectivity index (χ1) is 17.3. The first-order valence-corrected chi connectivity index (χ1v) is 13.4. The molecule has 0 amide bonds. The van der Waals surface area contributed by atoms with Gasteiger partial charge in [0.15, 0.2) is 0 Å². The van der Waals surface area contributed by atoms with Gasteiger partial charge >= 0.3 is 0 Å². The van der Waals surface area contributed by atoms with E-state index in [0.29, 0.717) is 11.8 Å². The van der Waals surface area contributed by atoms with Gasteiger partial charge in [-0.2, -0.15) is 0 Å². The van der Waals surface area contributed by atoms with Crippen LogP contribution in [0.5, 0.6) is 0 Å². The summed E-state index contributed by atoms with van der Waals surface area (Å²) >= 11 is 0. The third-order valence-electron chi connectivity index (χ3n) is 8.49. The van der Waals surface area contributed by atoms with Crippen LogP contribution in [-0.4, -0.2) is 0 Å². The van der Waals surface area contributed by atoms with Crippen LogP contribution in [-0.2, 0) is 6.42 Å². The monoisotopic (exact) mass is 452 g/mol. The molecule has 0 radical (unpaired) electrons. The van der Waals surface area contributed by atoms with Crippen molar-refractivity contribution in [1.82, 2.24) is 0 Å². The zero-order chi connectivity index (χ0) is 23.4. The van der Waals surface area contributed by atoms with Crippen LogP contribution in [0.2, 0.25) is 0 Å². The summed E-state index contributed by atoms with van der Waals surface area (Å²) in [5.41, 5.74) is 10.2. The van der Waals surface area contributed by atoms with Crippen molar-refractivity contribution in [2.75, 3.05) is 0 Å². The molecule has 2 unspecified atom stereocenters. The largest absolute Gasteiger partial charge is 0.0839 e. The molecule has 0 saturated carbocycles. The number of benzene rings is 3. The van der Waals surface area contributed by atoms with E-state index in [1.165, 1.54) is 79.4 Å². The van der Waals surface area contributed by atoms with Crippen molar-refractivity contribution in [3.05, 3.63) is 106 Å². The van der Waals surface area contributed by atoms with Crippen LogP contribution in [0, 0.1) is 11.8 Å². The van der Waals surface area contributed by atoms with Gasteiger partial charge in [-0.15, -0.1) is 0 Å². The molecule has 7 rings (SSSR count). The van der Waals surface area contributed by atoms with E-state index in [1.807, 2.05) is 0 Å². The highest BCUT2D eigenvalue weighted by molar-refractivity contribution is 6.04. The molecule has 4 aliphatic carbocycles. The maximum absolute atomic E-state index is 2.55. The molecule has 35 heavy (non-hydrogen) atoms. The zero-order valence-corrected chi connectivity index (χ0v) is 20.6. The van der Waals surface area contributed by atoms with Gasteiger partial charge in [-0.25, -0.2) is 0 Å². The SMILES string of the molecule is CC1C=c2c(-c3ccc4c(c3)CCC=C4)c3ccccc3c(C3=CC4=CC=CCC4CC3)c2=CC1. The van der Waals surface area contributed by atoms with Gasteiger partial charge in [0.05, 0.1) is 0 Å². The van der Waals surface area contributed by atoms with Crippen molar-refractivity contribution in [3.63, 3.8) is 0 Å². The fraction of sp³-hybridized carbons (Fsp3) is 0.257. The van der Waals surface area contributed by atoms with Gasteiger partial charge in [0, 0.05) is 0 Å². The molecule has 2 atom stereocenters. The molecule has 3 aromatic rings. The summed E-state index contributed by atoms with van der Waals surface area (Å²) in [5, 5.41) is 5.72. The Morgan fingerprint density at radius 2 is 1.74 bits per heavy atom. The van der Waals surface area contributed by atoms with Crippen molar-refractivity contribution in [1.29, 1.82) is 0 Å². The summed E-state index contributed by atoms with van der Waals surface area (Å²) in [6.45, 7) is 2.36. The second-order valence-electron chi connectivity index (χ2n) is 10.8. The minimum absolute atomic E-state index is 0.562. The van der Waals surface area contributed by atoms with Crippen LogP contribution in [0.3, 0.4) is 0 Å². The van der Waals surface area contributed by atoms with Crippen LogP contribution in [0.1, 0.15) is 55.7 Å². The normalized spacial score (nSPS) is 22.3. The van der Waals surface area contributed by atoms with Crippen molar-refractivity contribution in [2.45, 2.75) is 45.4 Å². The van der Waals surface area contributed by atoms with Crippen LogP contribution >= 0.6 is 0 Å². The molecule has 0 spiro atoms. The minimum atomic E-state index is 0.562. The molecule has 0 fully saturated rings. The molecule has 0 heterocycles. The summed E-state index contributed by atoms with van der Waals surface area (Å²) in [4.78, 5) is 0. The predicted octanol–water partition coefficient (Wildman–Crippen LogP) is 7.75. The number of hydrogen-bond acceptors (Lipinski definition) is 0. The van der Waals surface area contributed by atoms with Crippen molar-refractivity contribution in [2.24, 2.45) is 11.8 Å². The molecule has 0 saturated heterocycles. The maximum atomic E-state index is 2.55. The van der Waals surface area contributed by atoms with Gasteiger partial charge in [0.1, 0.15) is 0 Å². The smallest absolute Gasteiger partial charge is 0.00295 e. The van der Waals surface area contributed by atoms with Gasteiger partial charge < -0.3 is 0 Å². The number of allylic oxidation sites excluding steroid dienone is 7. The summed E-state index contributed by atoms with van der Waals surface area (Å²) in [5.74, 6) is 1.26. The Hall–Kier alpha value is -3.38. The van der Waals surface area contributed by atoms with Gasteiger partial charge in [0.2, 0.25) is 0 Å². The Labute approximate surface area is 208 Å². The predicted molar refractivity (Wildman–Crippen MR) is 151 cm³/mol. The van der Waals surface area contributed by atoms with Crippen LogP contribution in [0.25, 0.3) is 45.7 Å². The zero-order valence-electron chi connectivity index (χ0n) is 20.6. The Kier molecular flexibility index (Phi) is 5.02. The maximum Gasteiger partial charge on any atom is -0.00295 e. The van der Waals surface area contributed by atoms with E-state index < -0.39 is 0 Å². The van der Waals surface area contributed by atoms with Gasteiger partial charge in [0.25, 0.3) is 0 Å². The van der Waals surface area contributed by atoms with E-state index >= 15 is 0 Å². The highest BCUT2D eigenvalue weighted by atomic mass is 14.3. The van der Waals surface area contributed by atoms with Crippen molar-refractivity contribution in [3.8, 4) is 11.1 Å². The average Bonchev–Trinajstić information content (AvgIpc) is 2.91. The Bertz CT molecular complexity index is 1600. The first kappa shape index (κ1) is 20.9.